The number of anilines is 1. The van der Waals surface area contributed by atoms with E-state index in [0.29, 0.717) is 4.90 Å². The molecule has 0 saturated carbocycles. The fourth-order valence-electron chi connectivity index (χ4n) is 1.56. The fraction of sp³-hybridized carbons (Fsp3) is 0.100. The molecular formula is C10H7N3O5. The third-order valence-electron chi connectivity index (χ3n) is 2.31. The minimum absolute atomic E-state index is 0.0548. The van der Waals surface area contributed by atoms with Gasteiger partial charge in [0.1, 0.15) is 6.42 Å². The van der Waals surface area contributed by atoms with Crippen molar-refractivity contribution >= 4 is 29.2 Å². The summed E-state index contributed by atoms with van der Waals surface area (Å²) in [5.41, 5.74) is -0.191. The summed E-state index contributed by atoms with van der Waals surface area (Å²) in [5, 5.41) is 12.6. The zero-order valence-electron chi connectivity index (χ0n) is 8.95. The Morgan fingerprint density at radius 1 is 1.28 bits per heavy atom. The number of nitro groups is 1. The number of hydrogen-bond acceptors (Lipinski definition) is 5. The molecule has 18 heavy (non-hydrogen) atoms. The van der Waals surface area contributed by atoms with Crippen LogP contribution in [0.1, 0.15) is 6.42 Å². The normalized spacial score (nSPS) is 15.6. The maximum Gasteiger partial charge on any atom is 0.335 e. The van der Waals surface area contributed by atoms with E-state index in [1.807, 2.05) is 5.32 Å². The summed E-state index contributed by atoms with van der Waals surface area (Å²) in [6, 6.07) is 4.15. The lowest BCUT2D eigenvalue weighted by Gasteiger charge is -2.24. The third-order valence-corrected chi connectivity index (χ3v) is 2.31. The highest BCUT2D eigenvalue weighted by molar-refractivity contribution is 6.26. The molecule has 0 bridgehead atoms. The van der Waals surface area contributed by atoms with Gasteiger partial charge in [-0.3, -0.25) is 25.0 Å². The van der Waals surface area contributed by atoms with Crippen LogP contribution in [0.15, 0.2) is 24.3 Å². The number of nitro benzene ring substituents is 1. The van der Waals surface area contributed by atoms with Gasteiger partial charge in [-0.25, -0.2) is 9.69 Å². The van der Waals surface area contributed by atoms with Crippen LogP contribution in [0, 0.1) is 10.1 Å². The molecule has 0 atom stereocenters. The first kappa shape index (κ1) is 11.7. The number of carbonyl (C=O) groups excluding carboxylic acids is 3. The summed E-state index contributed by atoms with van der Waals surface area (Å²) >= 11 is 0. The molecule has 0 aliphatic carbocycles. The highest BCUT2D eigenvalue weighted by Crippen LogP contribution is 2.23. The number of urea groups is 1. The van der Waals surface area contributed by atoms with Crippen molar-refractivity contribution in [2.45, 2.75) is 6.42 Å². The van der Waals surface area contributed by atoms with E-state index >= 15 is 0 Å². The number of imide groups is 2. The molecular weight excluding hydrogens is 242 g/mol. The van der Waals surface area contributed by atoms with Crippen LogP contribution >= 0.6 is 0 Å². The Hall–Kier alpha value is -2.77. The lowest BCUT2D eigenvalue weighted by molar-refractivity contribution is -0.384. The third kappa shape index (κ3) is 2.03. The molecule has 0 spiro atoms. The van der Waals surface area contributed by atoms with Crippen molar-refractivity contribution in [3.8, 4) is 0 Å². The van der Waals surface area contributed by atoms with Crippen LogP contribution in [-0.4, -0.2) is 22.8 Å². The second-order valence-corrected chi connectivity index (χ2v) is 3.54. The van der Waals surface area contributed by atoms with Gasteiger partial charge >= 0.3 is 6.03 Å². The molecule has 1 aliphatic heterocycles. The van der Waals surface area contributed by atoms with E-state index in [2.05, 4.69) is 0 Å². The lowest BCUT2D eigenvalue weighted by atomic mass is 10.2. The summed E-state index contributed by atoms with van der Waals surface area (Å²) in [7, 11) is 0. The maximum absolute atomic E-state index is 11.6. The second kappa shape index (κ2) is 4.24. The van der Waals surface area contributed by atoms with Gasteiger partial charge in [0.2, 0.25) is 11.8 Å². The molecule has 1 aromatic carbocycles. The number of amides is 4. The van der Waals surface area contributed by atoms with E-state index in [9.17, 15) is 24.5 Å². The van der Waals surface area contributed by atoms with Gasteiger partial charge < -0.3 is 0 Å². The predicted molar refractivity (Wildman–Crippen MR) is 58.7 cm³/mol. The van der Waals surface area contributed by atoms with Gasteiger partial charge in [-0.2, -0.15) is 0 Å². The lowest BCUT2D eigenvalue weighted by Crippen LogP contribution is -2.52. The van der Waals surface area contributed by atoms with Crippen LogP contribution in [0.2, 0.25) is 0 Å². The highest BCUT2D eigenvalue weighted by Gasteiger charge is 2.32. The number of benzene rings is 1. The fourth-order valence-corrected chi connectivity index (χ4v) is 1.56. The Morgan fingerprint density at radius 3 is 2.61 bits per heavy atom. The Morgan fingerprint density at radius 2 is 2.00 bits per heavy atom. The summed E-state index contributed by atoms with van der Waals surface area (Å²) in [4.78, 5) is 44.7. The van der Waals surface area contributed by atoms with Gasteiger partial charge in [-0.1, -0.05) is 6.07 Å². The van der Waals surface area contributed by atoms with Gasteiger partial charge in [0.15, 0.2) is 0 Å². The van der Waals surface area contributed by atoms with E-state index in [1.54, 1.807) is 0 Å². The summed E-state index contributed by atoms with van der Waals surface area (Å²) in [6.07, 6.45) is -0.464. The summed E-state index contributed by atoms with van der Waals surface area (Å²) in [6.45, 7) is 0. The topological polar surface area (TPSA) is 110 Å². The zero-order valence-corrected chi connectivity index (χ0v) is 8.95. The van der Waals surface area contributed by atoms with E-state index in [4.69, 9.17) is 0 Å². The summed E-state index contributed by atoms with van der Waals surface area (Å²) in [5.74, 6) is -1.41. The van der Waals surface area contributed by atoms with Crippen molar-refractivity contribution in [3.05, 3.63) is 34.4 Å². The molecule has 2 rings (SSSR count). The number of carbonyl (C=O) groups is 3. The Balaban J connectivity index is 2.39. The van der Waals surface area contributed by atoms with Crippen molar-refractivity contribution in [1.29, 1.82) is 0 Å². The molecule has 0 unspecified atom stereocenters. The standard InChI is InChI=1S/C10H7N3O5/c14-8-5-9(15)12(10(16)11-8)6-2-1-3-7(4-6)13(17)18/h1-4H,5H2,(H,11,14,16). The Bertz CT molecular complexity index is 548. The number of nitrogens with one attached hydrogen (secondary N) is 1. The van der Waals surface area contributed by atoms with Crippen LogP contribution in [0.25, 0.3) is 0 Å². The SMILES string of the molecule is O=C1CC(=O)N(c2cccc([N+](=O)[O-])c2)C(=O)N1. The van der Waals surface area contributed by atoms with Gasteiger partial charge in [-0.05, 0) is 6.07 Å². The molecule has 1 saturated heterocycles. The molecule has 8 nitrogen and oxygen atoms in total. The smallest absolute Gasteiger partial charge is 0.277 e. The predicted octanol–water partition coefficient (Wildman–Crippen LogP) is 0.568. The molecule has 4 amide bonds. The molecule has 0 radical (unpaired) electrons. The molecule has 1 N–H and O–H groups in total. The van der Waals surface area contributed by atoms with Crippen LogP contribution in [0.3, 0.4) is 0 Å². The second-order valence-electron chi connectivity index (χ2n) is 3.54. The summed E-state index contributed by atoms with van der Waals surface area (Å²) < 4.78 is 0. The molecule has 0 aromatic heterocycles. The Labute approximate surface area is 100 Å². The first-order valence-corrected chi connectivity index (χ1v) is 4.90. The molecule has 1 aromatic rings. The number of rotatable bonds is 2. The largest absolute Gasteiger partial charge is 0.335 e. The molecule has 1 fully saturated rings. The van der Waals surface area contributed by atoms with Crippen molar-refractivity contribution in [1.82, 2.24) is 5.32 Å². The van der Waals surface area contributed by atoms with E-state index < -0.39 is 29.2 Å². The van der Waals surface area contributed by atoms with Crippen molar-refractivity contribution in [2.75, 3.05) is 4.90 Å². The molecule has 8 heteroatoms. The van der Waals surface area contributed by atoms with Crippen LogP contribution in [0.4, 0.5) is 16.2 Å². The average molecular weight is 249 g/mol. The molecule has 92 valence electrons. The van der Waals surface area contributed by atoms with E-state index in [0.717, 1.165) is 6.07 Å². The quantitative estimate of drug-likeness (QED) is 0.468. The monoisotopic (exact) mass is 249 g/mol. The first-order chi connectivity index (χ1) is 8.49. The average Bonchev–Trinajstić information content (AvgIpc) is 2.28. The van der Waals surface area contributed by atoms with Crippen molar-refractivity contribution < 1.29 is 19.3 Å². The number of non-ortho nitro benzene ring substituents is 1. The van der Waals surface area contributed by atoms with Crippen molar-refractivity contribution in [2.24, 2.45) is 0 Å². The zero-order chi connectivity index (χ0) is 13.3. The highest BCUT2D eigenvalue weighted by atomic mass is 16.6. The minimum Gasteiger partial charge on any atom is -0.277 e. The van der Waals surface area contributed by atoms with Crippen molar-refractivity contribution in [3.63, 3.8) is 0 Å². The van der Waals surface area contributed by atoms with Gasteiger partial charge in [0.05, 0.1) is 10.6 Å². The minimum atomic E-state index is -0.906. The first-order valence-electron chi connectivity index (χ1n) is 4.90. The molecule has 1 aliphatic rings. The van der Waals surface area contributed by atoms with Crippen LogP contribution in [0.5, 0.6) is 0 Å². The number of hydrogen-bond donors (Lipinski definition) is 1. The Kier molecular flexibility index (Phi) is 2.76. The van der Waals surface area contributed by atoms with Crippen LogP contribution < -0.4 is 10.2 Å². The number of nitrogens with zero attached hydrogens (tertiary/aromatic N) is 2. The van der Waals surface area contributed by atoms with E-state index in [-0.39, 0.29) is 11.4 Å². The van der Waals surface area contributed by atoms with Gasteiger partial charge in [-0.15, -0.1) is 0 Å². The molecule has 1 heterocycles. The van der Waals surface area contributed by atoms with Gasteiger partial charge in [0.25, 0.3) is 5.69 Å². The van der Waals surface area contributed by atoms with Gasteiger partial charge in [0, 0.05) is 12.1 Å². The number of barbiturate groups is 1. The van der Waals surface area contributed by atoms with E-state index in [1.165, 1.54) is 18.2 Å². The maximum atomic E-state index is 11.6. The van der Waals surface area contributed by atoms with Crippen LogP contribution in [-0.2, 0) is 9.59 Å².